The summed E-state index contributed by atoms with van der Waals surface area (Å²) in [5.41, 5.74) is 2.07. The Bertz CT molecular complexity index is 1990. The van der Waals surface area contributed by atoms with E-state index in [4.69, 9.17) is 18.7 Å². The van der Waals surface area contributed by atoms with Crippen LogP contribution in [0.2, 0.25) is 0 Å². The molecule has 59 heavy (non-hydrogen) atoms. The minimum atomic E-state index is -1.57. The zero-order valence-electron chi connectivity index (χ0n) is 33.5. The van der Waals surface area contributed by atoms with Crippen LogP contribution in [0.25, 0.3) is 11.3 Å². The average molecular weight is 813 g/mol. The van der Waals surface area contributed by atoms with Crippen LogP contribution in [0.1, 0.15) is 91.3 Å². The van der Waals surface area contributed by atoms with Gasteiger partial charge in [0.1, 0.15) is 30.8 Å². The summed E-state index contributed by atoms with van der Waals surface area (Å²) in [6, 6.07) is 23.6. The standard InChI is InChI=1S/C44H52N4O11/c1-4-7-10-19-33(36(5-2)48(29-49)58-27-31-17-13-9-14-18-31)41(51)45-28-46-43(53)38-23-22-37(59-38)32-20-21-34(39(24-32)56-6-3)42(52)47-35(44(54)55)25-40(50)57-26-30-15-11-8-12-16-30/h8-9,11-18,20-24,29,33,35-36H,4-7,10,19,25-28H2,1-3H3,(H,45,51)(H,46,53)(H,47,52)(H,54,55)/t33?,35?,36-/m1/s1. The number of hydrogen-bond acceptors (Lipinski definition) is 10. The first kappa shape index (κ1) is 45.2. The van der Waals surface area contributed by atoms with Gasteiger partial charge in [-0.1, -0.05) is 99.8 Å². The first-order chi connectivity index (χ1) is 28.6. The molecular formula is C44H52N4O11. The maximum atomic E-state index is 13.5. The summed E-state index contributed by atoms with van der Waals surface area (Å²) in [4.78, 5) is 82.2. The van der Waals surface area contributed by atoms with Crippen LogP contribution in [0, 0.1) is 5.92 Å². The number of unbranched alkanes of at least 4 members (excludes halogenated alkanes) is 2. The molecule has 0 aliphatic heterocycles. The van der Waals surface area contributed by atoms with E-state index in [9.17, 15) is 33.9 Å². The molecular weight excluding hydrogens is 761 g/mol. The van der Waals surface area contributed by atoms with Gasteiger partial charge in [0.2, 0.25) is 12.3 Å². The fourth-order valence-electron chi connectivity index (χ4n) is 6.26. The number of hydroxylamine groups is 2. The van der Waals surface area contributed by atoms with Crippen LogP contribution in [0.5, 0.6) is 5.75 Å². The molecule has 2 unspecified atom stereocenters. The van der Waals surface area contributed by atoms with Crippen LogP contribution in [-0.2, 0) is 42.0 Å². The fraction of sp³-hybridized carbons (Fsp3) is 0.364. The molecule has 0 saturated carbocycles. The number of carbonyl (C=O) groups excluding carboxylic acids is 5. The first-order valence-corrected chi connectivity index (χ1v) is 19.6. The first-order valence-electron chi connectivity index (χ1n) is 19.6. The van der Waals surface area contributed by atoms with Crippen molar-refractivity contribution < 1.29 is 52.6 Å². The van der Waals surface area contributed by atoms with Crippen molar-refractivity contribution in [2.24, 2.45) is 5.92 Å². The Labute approximate surface area is 343 Å². The van der Waals surface area contributed by atoms with E-state index >= 15 is 0 Å². The molecule has 1 aromatic heterocycles. The summed E-state index contributed by atoms with van der Waals surface area (Å²) in [7, 11) is 0. The van der Waals surface area contributed by atoms with E-state index in [-0.39, 0.29) is 55.2 Å². The van der Waals surface area contributed by atoms with Crippen molar-refractivity contribution in [1.82, 2.24) is 21.0 Å². The molecule has 4 amide bonds. The maximum absolute atomic E-state index is 13.5. The lowest BCUT2D eigenvalue weighted by molar-refractivity contribution is -0.200. The van der Waals surface area contributed by atoms with Gasteiger partial charge in [-0.25, -0.2) is 9.86 Å². The smallest absolute Gasteiger partial charge is 0.326 e. The van der Waals surface area contributed by atoms with Crippen LogP contribution < -0.4 is 20.7 Å². The predicted octanol–water partition coefficient (Wildman–Crippen LogP) is 6.03. The van der Waals surface area contributed by atoms with Crippen molar-refractivity contribution in [3.63, 3.8) is 0 Å². The normalized spacial score (nSPS) is 12.3. The number of carboxylic acid groups (broad SMARTS) is 1. The second-order valence-electron chi connectivity index (χ2n) is 13.5. The average Bonchev–Trinajstić information content (AvgIpc) is 3.75. The van der Waals surface area contributed by atoms with Gasteiger partial charge in [0.25, 0.3) is 11.8 Å². The molecule has 0 fully saturated rings. The highest BCUT2D eigenvalue weighted by molar-refractivity contribution is 6.00. The third-order valence-electron chi connectivity index (χ3n) is 9.36. The molecule has 0 aliphatic rings. The highest BCUT2D eigenvalue weighted by Gasteiger charge is 2.32. The number of benzene rings is 3. The van der Waals surface area contributed by atoms with Gasteiger partial charge >= 0.3 is 11.9 Å². The largest absolute Gasteiger partial charge is 0.493 e. The second kappa shape index (κ2) is 23.7. The van der Waals surface area contributed by atoms with Gasteiger partial charge in [0.15, 0.2) is 5.76 Å². The molecule has 15 heteroatoms. The molecule has 4 aromatic rings. The quantitative estimate of drug-likeness (QED) is 0.0200. The minimum Gasteiger partial charge on any atom is -0.493 e. The topological polar surface area (TPSA) is 203 Å². The van der Waals surface area contributed by atoms with E-state index in [1.807, 2.05) is 43.3 Å². The Morgan fingerprint density at radius 1 is 0.831 bits per heavy atom. The molecule has 314 valence electrons. The number of carbonyl (C=O) groups is 6. The van der Waals surface area contributed by atoms with E-state index in [0.29, 0.717) is 24.8 Å². The summed E-state index contributed by atoms with van der Waals surface area (Å²) in [6.45, 7) is 5.73. The molecule has 4 N–H and O–H groups in total. The lowest BCUT2D eigenvalue weighted by Gasteiger charge is -2.32. The van der Waals surface area contributed by atoms with E-state index < -0.39 is 48.2 Å². The van der Waals surface area contributed by atoms with Crippen molar-refractivity contribution >= 4 is 36.1 Å². The molecule has 0 bridgehead atoms. The van der Waals surface area contributed by atoms with Crippen LogP contribution in [-0.4, -0.2) is 71.6 Å². The number of furan rings is 1. The van der Waals surface area contributed by atoms with Gasteiger partial charge in [-0.2, -0.15) is 0 Å². The summed E-state index contributed by atoms with van der Waals surface area (Å²) >= 11 is 0. The third-order valence-corrected chi connectivity index (χ3v) is 9.36. The van der Waals surface area contributed by atoms with Gasteiger partial charge in [0.05, 0.1) is 37.2 Å². The van der Waals surface area contributed by atoms with Crippen LogP contribution in [0.4, 0.5) is 0 Å². The molecule has 3 atom stereocenters. The number of aliphatic carboxylic acids is 1. The lowest BCUT2D eigenvalue weighted by Crippen LogP contribution is -2.48. The molecule has 4 rings (SSSR count). The lowest BCUT2D eigenvalue weighted by atomic mass is 9.90. The second-order valence-corrected chi connectivity index (χ2v) is 13.5. The molecule has 1 heterocycles. The van der Waals surface area contributed by atoms with Crippen LogP contribution in [0.15, 0.2) is 95.4 Å². The third kappa shape index (κ3) is 13.8. The van der Waals surface area contributed by atoms with Crippen LogP contribution in [0.3, 0.4) is 0 Å². The molecule has 0 aliphatic carbocycles. The predicted molar refractivity (Wildman–Crippen MR) is 216 cm³/mol. The Morgan fingerprint density at radius 2 is 1.53 bits per heavy atom. The number of carboxylic acids is 1. The highest BCUT2D eigenvalue weighted by Crippen LogP contribution is 2.29. The molecule has 3 aromatic carbocycles. The van der Waals surface area contributed by atoms with Crippen molar-refractivity contribution in [3.8, 4) is 17.1 Å². The van der Waals surface area contributed by atoms with Gasteiger partial charge in [-0.15, -0.1) is 0 Å². The Kier molecular flexibility index (Phi) is 18.2. The van der Waals surface area contributed by atoms with Gasteiger partial charge < -0.3 is 34.9 Å². The summed E-state index contributed by atoms with van der Waals surface area (Å²) in [6.07, 6.45) is 3.60. The fourth-order valence-corrected chi connectivity index (χ4v) is 6.26. The minimum absolute atomic E-state index is 0.0112. The van der Waals surface area contributed by atoms with E-state index in [1.165, 1.54) is 29.3 Å². The maximum Gasteiger partial charge on any atom is 0.326 e. The van der Waals surface area contributed by atoms with Gasteiger partial charge in [0, 0.05) is 5.56 Å². The molecule has 0 saturated heterocycles. The zero-order valence-corrected chi connectivity index (χ0v) is 33.5. The van der Waals surface area contributed by atoms with E-state index in [0.717, 1.165) is 30.4 Å². The highest BCUT2D eigenvalue weighted by atomic mass is 16.7. The van der Waals surface area contributed by atoms with Crippen molar-refractivity contribution in [3.05, 3.63) is 113 Å². The molecule has 15 nitrogen and oxygen atoms in total. The van der Waals surface area contributed by atoms with Crippen LogP contribution >= 0.6 is 0 Å². The number of amides is 4. The number of nitrogens with one attached hydrogen (secondary N) is 3. The monoisotopic (exact) mass is 812 g/mol. The van der Waals surface area contributed by atoms with Crippen molar-refractivity contribution in [2.75, 3.05) is 13.3 Å². The zero-order chi connectivity index (χ0) is 42.6. The number of ether oxygens (including phenoxy) is 2. The Balaban J connectivity index is 1.37. The summed E-state index contributed by atoms with van der Waals surface area (Å²) in [5.74, 6) is -4.22. The number of rotatable bonds is 25. The Morgan fingerprint density at radius 3 is 2.15 bits per heavy atom. The summed E-state index contributed by atoms with van der Waals surface area (Å²) < 4.78 is 16.7. The number of nitrogens with zero attached hydrogens (tertiary/aromatic N) is 1. The number of esters is 1. The Hall–Kier alpha value is -6.48. The van der Waals surface area contributed by atoms with E-state index in [2.05, 4.69) is 22.9 Å². The van der Waals surface area contributed by atoms with E-state index in [1.54, 1.807) is 37.3 Å². The summed E-state index contributed by atoms with van der Waals surface area (Å²) in [5, 5.41) is 18.7. The number of hydrogen-bond donors (Lipinski definition) is 4. The van der Waals surface area contributed by atoms with Gasteiger partial charge in [-0.3, -0.25) is 28.8 Å². The van der Waals surface area contributed by atoms with Gasteiger partial charge in [-0.05, 0) is 55.2 Å². The molecule has 0 radical (unpaired) electrons. The SMILES string of the molecule is CCCCCC(C(=O)NCNC(=O)c1ccc(-c2ccc(C(=O)NC(CC(=O)OCc3ccccc3)C(=O)O)c(OCC)c2)o1)[C@@H](CC)N(C=O)OCc1ccccc1. The van der Waals surface area contributed by atoms with Crippen molar-refractivity contribution in [2.45, 2.75) is 84.6 Å². The molecule has 0 spiro atoms. The van der Waals surface area contributed by atoms with Crippen molar-refractivity contribution in [1.29, 1.82) is 0 Å².